The second kappa shape index (κ2) is 6.31. The summed E-state index contributed by atoms with van der Waals surface area (Å²) in [5.41, 5.74) is 0. The van der Waals surface area contributed by atoms with Crippen molar-refractivity contribution in [3.63, 3.8) is 0 Å². The molecular formula is C16H11ClO4S2. The summed E-state index contributed by atoms with van der Waals surface area (Å²) in [5, 5.41) is 2.12. The lowest BCUT2D eigenvalue weighted by Crippen LogP contribution is -2.14. The lowest BCUT2D eigenvalue weighted by molar-refractivity contribution is 0.561. The molecular weight excluding hydrogens is 356 g/mol. The van der Waals surface area contributed by atoms with Crippen LogP contribution in [0, 0.1) is 0 Å². The second-order valence-electron chi connectivity index (χ2n) is 4.70. The molecule has 0 aliphatic carbocycles. The minimum atomic E-state index is -4.12. The Bertz CT molecular complexity index is 982. The van der Waals surface area contributed by atoms with E-state index < -0.39 is 19.0 Å². The third-order valence-corrected chi connectivity index (χ3v) is 6.79. The van der Waals surface area contributed by atoms with Crippen molar-refractivity contribution >= 4 is 41.4 Å². The molecule has 0 saturated carbocycles. The van der Waals surface area contributed by atoms with Crippen molar-refractivity contribution in [3.05, 3.63) is 71.8 Å². The first-order valence-corrected chi connectivity index (χ1v) is 10.0. The predicted molar refractivity (Wildman–Crippen MR) is 91.4 cm³/mol. The third kappa shape index (κ3) is 3.39. The first-order valence-electron chi connectivity index (χ1n) is 6.57. The van der Waals surface area contributed by atoms with Crippen LogP contribution in [0.5, 0.6) is 5.75 Å². The van der Waals surface area contributed by atoms with E-state index in [4.69, 9.17) is 15.8 Å². The normalized spacial score (nSPS) is 12.9. The zero-order chi connectivity index (χ0) is 16.4. The molecule has 0 amide bonds. The van der Waals surface area contributed by atoms with Crippen LogP contribution in [0.2, 0.25) is 5.02 Å². The van der Waals surface area contributed by atoms with Crippen LogP contribution >= 0.6 is 11.6 Å². The highest BCUT2D eigenvalue weighted by atomic mass is 35.5. The van der Waals surface area contributed by atoms with Gasteiger partial charge in [0.25, 0.3) is 8.87 Å². The van der Waals surface area contributed by atoms with Crippen molar-refractivity contribution in [1.29, 1.82) is 0 Å². The van der Waals surface area contributed by atoms with Gasteiger partial charge in [-0.3, -0.25) is 0 Å². The zero-order valence-corrected chi connectivity index (χ0v) is 14.1. The van der Waals surface area contributed by atoms with Crippen LogP contribution in [0.15, 0.2) is 71.6 Å². The Morgan fingerprint density at radius 3 is 2.22 bits per heavy atom. The molecule has 0 saturated heterocycles. The molecule has 3 aromatic rings. The molecule has 0 spiro atoms. The van der Waals surface area contributed by atoms with Crippen LogP contribution in [0.4, 0.5) is 0 Å². The maximum Gasteiger partial charge on any atom is 0.334 e. The van der Waals surface area contributed by atoms with Crippen molar-refractivity contribution < 1.29 is 16.8 Å². The van der Waals surface area contributed by atoms with Crippen LogP contribution in [0.25, 0.3) is 10.8 Å². The number of hydrogen-bond donors (Lipinski definition) is 0. The molecule has 7 heteroatoms. The molecule has 118 valence electrons. The summed E-state index contributed by atoms with van der Waals surface area (Å²) in [7, 11) is -6.67. The Balaban J connectivity index is 1.92. The minimum Gasteiger partial charge on any atom is -0.389 e. The number of rotatable bonds is 4. The third-order valence-electron chi connectivity index (χ3n) is 3.17. The first-order chi connectivity index (χ1) is 11.0. The monoisotopic (exact) mass is 366 g/mol. The molecule has 0 heterocycles. The van der Waals surface area contributed by atoms with E-state index >= 15 is 0 Å². The van der Waals surface area contributed by atoms with Crippen LogP contribution in [-0.2, 0) is 19.0 Å². The molecule has 1 unspecified atom stereocenters. The largest absolute Gasteiger partial charge is 0.389 e. The van der Waals surface area contributed by atoms with Crippen molar-refractivity contribution in [2.24, 2.45) is 0 Å². The summed E-state index contributed by atoms with van der Waals surface area (Å²) < 4.78 is 41.9. The molecule has 0 fully saturated rings. The summed E-state index contributed by atoms with van der Waals surface area (Å²) in [6.07, 6.45) is 0. The van der Waals surface area contributed by atoms with Crippen molar-refractivity contribution in [2.75, 3.05) is 0 Å². The van der Waals surface area contributed by atoms with E-state index in [1.165, 1.54) is 36.4 Å². The quantitative estimate of drug-likeness (QED) is 0.656. The number of benzene rings is 3. The predicted octanol–water partition coefficient (Wildman–Crippen LogP) is 3.92. The maximum absolute atomic E-state index is 12.4. The molecule has 0 bridgehead atoms. The SMILES string of the molecule is O=S(Oc1ccc(Cl)cc1)S(=O)(=O)c1ccc2ccccc2c1. The molecule has 4 nitrogen and oxygen atoms in total. The molecule has 23 heavy (non-hydrogen) atoms. The standard InChI is InChI=1S/C16H11ClO4S2/c17-14-6-8-15(9-7-14)21-22(18)23(19,20)16-10-5-12-3-1-2-4-13(12)11-16/h1-11H. The van der Waals surface area contributed by atoms with Crippen molar-refractivity contribution in [3.8, 4) is 5.75 Å². The highest BCUT2D eigenvalue weighted by molar-refractivity contribution is 8.62. The summed E-state index contributed by atoms with van der Waals surface area (Å²) in [6, 6.07) is 17.8. The molecule has 0 aromatic heterocycles. The molecule has 3 aromatic carbocycles. The van der Waals surface area contributed by atoms with Crippen LogP contribution in [-0.4, -0.2) is 12.6 Å². The Morgan fingerprint density at radius 1 is 0.870 bits per heavy atom. The van der Waals surface area contributed by atoms with E-state index in [0.717, 1.165) is 10.8 Å². The van der Waals surface area contributed by atoms with Crippen molar-refractivity contribution in [2.45, 2.75) is 4.90 Å². The first kappa shape index (κ1) is 16.0. The van der Waals surface area contributed by atoms with Gasteiger partial charge in [-0.15, -0.1) is 0 Å². The molecule has 0 aliphatic rings. The molecule has 0 aliphatic heterocycles. The second-order valence-corrected chi connectivity index (χ2v) is 9.23. The summed E-state index contributed by atoms with van der Waals surface area (Å²) >= 11 is 5.74. The number of halogens is 1. The van der Waals surface area contributed by atoms with Gasteiger partial charge in [-0.1, -0.05) is 41.9 Å². The van der Waals surface area contributed by atoms with Crippen molar-refractivity contribution in [1.82, 2.24) is 0 Å². The van der Waals surface area contributed by atoms with E-state index in [1.807, 2.05) is 12.1 Å². The van der Waals surface area contributed by atoms with E-state index in [9.17, 15) is 12.6 Å². The highest BCUT2D eigenvalue weighted by Gasteiger charge is 2.26. The summed E-state index contributed by atoms with van der Waals surface area (Å²) in [4.78, 5) is -0.0523. The van der Waals surface area contributed by atoms with Gasteiger partial charge < -0.3 is 4.18 Å². The average molecular weight is 367 g/mol. The Labute approximate surface area is 140 Å². The molecule has 0 N–H and O–H groups in total. The fourth-order valence-corrected chi connectivity index (χ4v) is 4.45. The lowest BCUT2D eigenvalue weighted by atomic mass is 10.1. The molecule has 3 rings (SSSR count). The van der Waals surface area contributed by atoms with Gasteiger partial charge in [-0.05, 0) is 47.2 Å². The van der Waals surface area contributed by atoms with Gasteiger partial charge in [-0.25, -0.2) is 8.42 Å². The van der Waals surface area contributed by atoms with Gasteiger partial charge in [0.1, 0.15) is 5.75 Å². The van der Waals surface area contributed by atoms with E-state index in [0.29, 0.717) is 5.02 Å². The lowest BCUT2D eigenvalue weighted by Gasteiger charge is -2.07. The smallest absolute Gasteiger partial charge is 0.334 e. The van der Waals surface area contributed by atoms with Gasteiger partial charge in [0, 0.05) is 5.02 Å². The van der Waals surface area contributed by atoms with Gasteiger partial charge in [-0.2, -0.15) is 4.21 Å². The van der Waals surface area contributed by atoms with Crippen LogP contribution < -0.4 is 4.18 Å². The number of fused-ring (bicyclic) bond motifs is 1. The Kier molecular flexibility index (Phi) is 4.39. The average Bonchev–Trinajstić information content (AvgIpc) is 2.56. The molecule has 1 atom stereocenters. The highest BCUT2D eigenvalue weighted by Crippen LogP contribution is 2.24. The van der Waals surface area contributed by atoms with Crippen LogP contribution in [0.3, 0.4) is 0 Å². The topological polar surface area (TPSA) is 60.4 Å². The van der Waals surface area contributed by atoms with E-state index in [1.54, 1.807) is 18.2 Å². The van der Waals surface area contributed by atoms with E-state index in [-0.39, 0.29) is 10.6 Å². The summed E-state index contributed by atoms with van der Waals surface area (Å²) in [6.45, 7) is 0. The maximum atomic E-state index is 12.4. The van der Waals surface area contributed by atoms with Crippen LogP contribution in [0.1, 0.15) is 0 Å². The Hall–Kier alpha value is -1.89. The fraction of sp³-hybridized carbons (Fsp3) is 0. The Morgan fingerprint density at radius 2 is 1.52 bits per heavy atom. The van der Waals surface area contributed by atoms with Gasteiger partial charge >= 0.3 is 10.1 Å². The van der Waals surface area contributed by atoms with Gasteiger partial charge in [0.2, 0.25) is 0 Å². The summed E-state index contributed by atoms with van der Waals surface area (Å²) in [5.74, 6) is 0.164. The molecule has 0 radical (unpaired) electrons. The van der Waals surface area contributed by atoms with E-state index in [2.05, 4.69) is 0 Å². The van der Waals surface area contributed by atoms with Gasteiger partial charge in [0.05, 0.1) is 4.90 Å². The minimum absolute atomic E-state index is 0.0523. The zero-order valence-electron chi connectivity index (χ0n) is 11.7. The number of hydrogen-bond acceptors (Lipinski definition) is 4. The fourth-order valence-electron chi connectivity index (χ4n) is 2.01. The van der Waals surface area contributed by atoms with Gasteiger partial charge in [0.15, 0.2) is 0 Å².